The second kappa shape index (κ2) is 5.08. The molecule has 1 aliphatic rings. The van der Waals surface area contributed by atoms with Crippen molar-refractivity contribution in [2.45, 2.75) is 20.0 Å². The van der Waals surface area contributed by atoms with Crippen LogP contribution >= 0.6 is 0 Å². The predicted octanol–water partition coefficient (Wildman–Crippen LogP) is 1.59. The predicted molar refractivity (Wildman–Crippen MR) is 63.0 cm³/mol. The van der Waals surface area contributed by atoms with Gasteiger partial charge in [0.2, 0.25) is 0 Å². The molecule has 0 saturated heterocycles. The number of fused-ring (bicyclic) bond motifs is 1. The zero-order chi connectivity index (χ0) is 13.1. The van der Waals surface area contributed by atoms with Gasteiger partial charge in [0.1, 0.15) is 13.2 Å². The fraction of sp³-hybridized carbons (Fsp3) is 0.385. The normalized spacial score (nSPS) is 17.1. The van der Waals surface area contributed by atoms with Crippen LogP contribution in [0.3, 0.4) is 0 Å². The molecule has 1 aliphatic heterocycles. The maximum Gasteiger partial charge on any atom is 0.302 e. The molecule has 0 bridgehead atoms. The minimum atomic E-state index is -0.351. The minimum Gasteiger partial charge on any atom is -0.486 e. The smallest absolute Gasteiger partial charge is 0.302 e. The Labute approximate surface area is 105 Å². The van der Waals surface area contributed by atoms with Gasteiger partial charge in [0.05, 0.1) is 0 Å². The van der Waals surface area contributed by atoms with E-state index in [0.717, 1.165) is 0 Å². The van der Waals surface area contributed by atoms with Crippen LogP contribution < -0.4 is 9.47 Å². The van der Waals surface area contributed by atoms with Crippen molar-refractivity contribution < 1.29 is 23.8 Å². The van der Waals surface area contributed by atoms with Gasteiger partial charge in [0, 0.05) is 12.5 Å². The van der Waals surface area contributed by atoms with Gasteiger partial charge in [-0.15, -0.1) is 0 Å². The molecule has 0 aromatic heterocycles. The number of esters is 1. The fourth-order valence-electron chi connectivity index (χ4n) is 1.63. The zero-order valence-corrected chi connectivity index (χ0v) is 10.3. The van der Waals surface area contributed by atoms with E-state index in [-0.39, 0.29) is 24.5 Å². The second-order valence-corrected chi connectivity index (χ2v) is 4.07. The summed E-state index contributed by atoms with van der Waals surface area (Å²) in [6.07, 6.45) is -0.315. The van der Waals surface area contributed by atoms with Gasteiger partial charge in [-0.3, -0.25) is 9.59 Å². The Balaban J connectivity index is 2.06. The number of hydrogen-bond acceptors (Lipinski definition) is 5. The first-order valence-electron chi connectivity index (χ1n) is 5.64. The number of benzene rings is 1. The molecule has 0 saturated carbocycles. The van der Waals surface area contributed by atoms with Crippen LogP contribution in [-0.2, 0) is 9.53 Å². The highest BCUT2D eigenvalue weighted by Crippen LogP contribution is 2.32. The van der Waals surface area contributed by atoms with Crippen LogP contribution in [0.25, 0.3) is 0 Å². The van der Waals surface area contributed by atoms with E-state index in [1.165, 1.54) is 13.8 Å². The number of ketones is 1. The van der Waals surface area contributed by atoms with Crippen LogP contribution in [-0.4, -0.2) is 31.1 Å². The lowest BCUT2D eigenvalue weighted by Crippen LogP contribution is -2.34. The van der Waals surface area contributed by atoms with E-state index in [2.05, 4.69) is 0 Å². The molecular formula is C13H14O5. The highest BCUT2D eigenvalue weighted by molar-refractivity contribution is 5.94. The Morgan fingerprint density at radius 3 is 2.78 bits per heavy atom. The topological polar surface area (TPSA) is 61.8 Å². The van der Waals surface area contributed by atoms with E-state index in [0.29, 0.717) is 23.7 Å². The Kier molecular flexibility index (Phi) is 3.50. The van der Waals surface area contributed by atoms with Gasteiger partial charge in [-0.2, -0.15) is 0 Å². The molecule has 5 nitrogen and oxygen atoms in total. The minimum absolute atomic E-state index is 0.0246. The summed E-state index contributed by atoms with van der Waals surface area (Å²) in [7, 11) is 0. The standard InChI is InChI=1S/C13H14O5/c1-8(14)10-3-4-12-13(5-10)17-7-11(18-12)6-16-9(2)15/h3-5,11H,6-7H2,1-2H3. The average Bonchev–Trinajstić information content (AvgIpc) is 2.35. The van der Waals surface area contributed by atoms with E-state index in [1.54, 1.807) is 18.2 Å². The Hall–Kier alpha value is -2.04. The molecule has 1 aromatic carbocycles. The first kappa shape index (κ1) is 12.4. The fourth-order valence-corrected chi connectivity index (χ4v) is 1.63. The molecule has 0 amide bonds. The van der Waals surface area contributed by atoms with Crippen molar-refractivity contribution in [3.63, 3.8) is 0 Å². The lowest BCUT2D eigenvalue weighted by Gasteiger charge is -2.26. The molecule has 0 spiro atoms. The molecule has 1 unspecified atom stereocenters. The molecule has 0 N–H and O–H groups in total. The third kappa shape index (κ3) is 2.80. The van der Waals surface area contributed by atoms with Gasteiger partial charge < -0.3 is 14.2 Å². The number of ether oxygens (including phenoxy) is 3. The van der Waals surface area contributed by atoms with Crippen molar-refractivity contribution in [3.8, 4) is 11.5 Å². The quantitative estimate of drug-likeness (QED) is 0.602. The molecule has 0 fully saturated rings. The van der Waals surface area contributed by atoms with Crippen LogP contribution in [0.4, 0.5) is 0 Å². The number of hydrogen-bond donors (Lipinski definition) is 0. The molecule has 2 rings (SSSR count). The van der Waals surface area contributed by atoms with Crippen molar-refractivity contribution in [2.75, 3.05) is 13.2 Å². The Morgan fingerprint density at radius 2 is 2.11 bits per heavy atom. The van der Waals surface area contributed by atoms with Crippen LogP contribution in [0.2, 0.25) is 0 Å². The molecule has 1 heterocycles. The van der Waals surface area contributed by atoms with Crippen molar-refractivity contribution in [1.82, 2.24) is 0 Å². The first-order valence-corrected chi connectivity index (χ1v) is 5.64. The highest BCUT2D eigenvalue weighted by atomic mass is 16.6. The molecule has 5 heteroatoms. The molecule has 1 aromatic rings. The lowest BCUT2D eigenvalue weighted by atomic mass is 10.1. The summed E-state index contributed by atoms with van der Waals surface area (Å²) in [5.41, 5.74) is 0.579. The Bertz CT molecular complexity index is 480. The molecule has 0 radical (unpaired) electrons. The molecule has 18 heavy (non-hydrogen) atoms. The third-order valence-electron chi connectivity index (χ3n) is 2.54. The van der Waals surface area contributed by atoms with Gasteiger partial charge in [0.25, 0.3) is 0 Å². The van der Waals surface area contributed by atoms with Crippen molar-refractivity contribution >= 4 is 11.8 Å². The van der Waals surface area contributed by atoms with Crippen LogP contribution in [0.15, 0.2) is 18.2 Å². The number of carbonyl (C=O) groups excluding carboxylic acids is 2. The monoisotopic (exact) mass is 250 g/mol. The molecular weight excluding hydrogens is 236 g/mol. The summed E-state index contributed by atoms with van der Waals surface area (Å²) in [5, 5.41) is 0. The summed E-state index contributed by atoms with van der Waals surface area (Å²) < 4.78 is 16.0. The summed E-state index contributed by atoms with van der Waals surface area (Å²) in [6, 6.07) is 5.02. The largest absolute Gasteiger partial charge is 0.486 e. The van der Waals surface area contributed by atoms with Crippen LogP contribution in [0, 0.1) is 0 Å². The van der Waals surface area contributed by atoms with Crippen LogP contribution in [0.5, 0.6) is 11.5 Å². The molecule has 96 valence electrons. The Morgan fingerprint density at radius 1 is 1.33 bits per heavy atom. The second-order valence-electron chi connectivity index (χ2n) is 4.07. The maximum atomic E-state index is 11.2. The van der Waals surface area contributed by atoms with Gasteiger partial charge in [-0.1, -0.05) is 0 Å². The van der Waals surface area contributed by atoms with Gasteiger partial charge in [-0.25, -0.2) is 0 Å². The SMILES string of the molecule is CC(=O)OCC1COc2cc(C(C)=O)ccc2O1. The van der Waals surface area contributed by atoms with Crippen molar-refractivity contribution in [3.05, 3.63) is 23.8 Å². The van der Waals surface area contributed by atoms with Crippen molar-refractivity contribution in [1.29, 1.82) is 0 Å². The van der Waals surface area contributed by atoms with Crippen molar-refractivity contribution in [2.24, 2.45) is 0 Å². The van der Waals surface area contributed by atoms with Crippen LogP contribution in [0.1, 0.15) is 24.2 Å². The maximum absolute atomic E-state index is 11.2. The van der Waals surface area contributed by atoms with E-state index < -0.39 is 0 Å². The van der Waals surface area contributed by atoms with E-state index in [9.17, 15) is 9.59 Å². The highest BCUT2D eigenvalue weighted by Gasteiger charge is 2.22. The molecule has 0 aliphatic carbocycles. The lowest BCUT2D eigenvalue weighted by molar-refractivity contribution is -0.144. The summed E-state index contributed by atoms with van der Waals surface area (Å²) in [4.78, 5) is 21.9. The van der Waals surface area contributed by atoms with E-state index >= 15 is 0 Å². The average molecular weight is 250 g/mol. The van der Waals surface area contributed by atoms with Gasteiger partial charge in [-0.05, 0) is 25.1 Å². The summed E-state index contributed by atoms with van der Waals surface area (Å²) >= 11 is 0. The van der Waals surface area contributed by atoms with Gasteiger partial charge in [0.15, 0.2) is 23.4 Å². The number of Topliss-reactive ketones (excluding diaryl/α,β-unsaturated/α-hetero) is 1. The number of carbonyl (C=O) groups is 2. The zero-order valence-electron chi connectivity index (χ0n) is 10.3. The molecule has 1 atom stereocenters. The van der Waals surface area contributed by atoms with E-state index in [4.69, 9.17) is 14.2 Å². The number of rotatable bonds is 3. The summed E-state index contributed by atoms with van der Waals surface area (Å²) in [6.45, 7) is 3.29. The van der Waals surface area contributed by atoms with Gasteiger partial charge >= 0.3 is 5.97 Å². The first-order chi connectivity index (χ1) is 8.56. The van der Waals surface area contributed by atoms with E-state index in [1.807, 2.05) is 0 Å². The summed E-state index contributed by atoms with van der Waals surface area (Å²) in [5.74, 6) is 0.727. The third-order valence-corrected chi connectivity index (χ3v) is 2.54.